The molecule has 1 rings (SSSR count). The minimum atomic E-state index is 0. The predicted molar refractivity (Wildman–Crippen MR) is 56.6 cm³/mol. The first-order chi connectivity index (χ1) is 5.24. The molecule has 0 saturated heterocycles. The summed E-state index contributed by atoms with van der Waals surface area (Å²) >= 11 is 0. The van der Waals surface area contributed by atoms with Crippen LogP contribution in [0.1, 0.15) is 39.5 Å². The summed E-state index contributed by atoms with van der Waals surface area (Å²) < 4.78 is 0. The van der Waals surface area contributed by atoms with Crippen LogP contribution in [-0.2, 0) is 0 Å². The van der Waals surface area contributed by atoms with Gasteiger partial charge < -0.3 is 5.73 Å². The van der Waals surface area contributed by atoms with Crippen LogP contribution in [-0.4, -0.2) is 6.54 Å². The molecule has 2 heteroatoms. The van der Waals surface area contributed by atoms with Gasteiger partial charge in [-0.1, -0.05) is 13.8 Å². The van der Waals surface area contributed by atoms with Crippen molar-refractivity contribution in [2.24, 2.45) is 23.5 Å². The second kappa shape index (κ2) is 5.82. The second-order valence-corrected chi connectivity index (χ2v) is 4.26. The van der Waals surface area contributed by atoms with Crippen LogP contribution in [0, 0.1) is 17.8 Å². The van der Waals surface area contributed by atoms with Gasteiger partial charge >= 0.3 is 0 Å². The summed E-state index contributed by atoms with van der Waals surface area (Å²) in [7, 11) is 0. The van der Waals surface area contributed by atoms with Crippen molar-refractivity contribution >= 4 is 12.4 Å². The Morgan fingerprint density at radius 1 is 1.17 bits per heavy atom. The smallest absolute Gasteiger partial charge is 0.00489 e. The SMILES string of the molecule is CC(C)C1CCC(CN)CC1.Cl. The quantitative estimate of drug-likeness (QED) is 0.714. The molecule has 1 aliphatic carbocycles. The van der Waals surface area contributed by atoms with Gasteiger partial charge in [0.15, 0.2) is 0 Å². The van der Waals surface area contributed by atoms with E-state index in [1.807, 2.05) is 0 Å². The fourth-order valence-corrected chi connectivity index (χ4v) is 2.09. The van der Waals surface area contributed by atoms with Gasteiger partial charge in [0.05, 0.1) is 0 Å². The van der Waals surface area contributed by atoms with Crippen molar-refractivity contribution in [2.75, 3.05) is 6.54 Å². The number of hydrogen-bond donors (Lipinski definition) is 1. The van der Waals surface area contributed by atoms with Crippen LogP contribution in [0.4, 0.5) is 0 Å². The average Bonchev–Trinajstić information content (AvgIpc) is 2.05. The van der Waals surface area contributed by atoms with E-state index in [1.54, 1.807) is 0 Å². The van der Waals surface area contributed by atoms with Crippen molar-refractivity contribution in [3.63, 3.8) is 0 Å². The van der Waals surface area contributed by atoms with E-state index in [9.17, 15) is 0 Å². The fourth-order valence-electron chi connectivity index (χ4n) is 2.09. The zero-order chi connectivity index (χ0) is 8.27. The Kier molecular flexibility index (Phi) is 5.94. The van der Waals surface area contributed by atoms with Gasteiger partial charge in [0.2, 0.25) is 0 Å². The zero-order valence-electron chi connectivity index (χ0n) is 8.25. The Labute approximate surface area is 82.5 Å². The van der Waals surface area contributed by atoms with Crippen LogP contribution >= 0.6 is 12.4 Å². The molecule has 0 atom stereocenters. The molecule has 1 fully saturated rings. The average molecular weight is 192 g/mol. The molecule has 0 unspecified atom stereocenters. The van der Waals surface area contributed by atoms with Crippen LogP contribution < -0.4 is 5.73 Å². The molecular weight excluding hydrogens is 170 g/mol. The molecule has 12 heavy (non-hydrogen) atoms. The van der Waals surface area contributed by atoms with E-state index in [2.05, 4.69) is 13.8 Å². The van der Waals surface area contributed by atoms with Gasteiger partial charge in [-0.25, -0.2) is 0 Å². The number of halogens is 1. The Balaban J connectivity index is 0.00000121. The summed E-state index contributed by atoms with van der Waals surface area (Å²) in [5.74, 6) is 2.71. The molecule has 0 bridgehead atoms. The normalized spacial score (nSPS) is 30.0. The third-order valence-corrected chi connectivity index (χ3v) is 3.17. The lowest BCUT2D eigenvalue weighted by Gasteiger charge is -2.29. The Morgan fingerprint density at radius 3 is 2.00 bits per heavy atom. The summed E-state index contributed by atoms with van der Waals surface area (Å²) in [6.07, 6.45) is 5.58. The van der Waals surface area contributed by atoms with Crippen LogP contribution in [0.15, 0.2) is 0 Å². The molecule has 74 valence electrons. The van der Waals surface area contributed by atoms with Gasteiger partial charge in [0.25, 0.3) is 0 Å². The highest BCUT2D eigenvalue weighted by molar-refractivity contribution is 5.85. The van der Waals surface area contributed by atoms with Crippen molar-refractivity contribution in [3.05, 3.63) is 0 Å². The van der Waals surface area contributed by atoms with Crippen molar-refractivity contribution in [1.29, 1.82) is 0 Å². The molecule has 2 N–H and O–H groups in total. The maximum absolute atomic E-state index is 5.62. The molecule has 0 aliphatic heterocycles. The van der Waals surface area contributed by atoms with Gasteiger partial charge in [0.1, 0.15) is 0 Å². The molecule has 0 heterocycles. The molecule has 0 amide bonds. The Morgan fingerprint density at radius 2 is 1.67 bits per heavy atom. The first-order valence-electron chi connectivity index (χ1n) is 4.94. The summed E-state index contributed by atoms with van der Waals surface area (Å²) in [5, 5.41) is 0. The predicted octanol–water partition coefficient (Wildman–Crippen LogP) is 2.83. The maximum atomic E-state index is 5.62. The highest BCUT2D eigenvalue weighted by atomic mass is 35.5. The minimum Gasteiger partial charge on any atom is -0.330 e. The molecule has 0 aromatic heterocycles. The van der Waals surface area contributed by atoms with Crippen molar-refractivity contribution in [1.82, 2.24) is 0 Å². The van der Waals surface area contributed by atoms with Gasteiger partial charge in [0, 0.05) is 0 Å². The molecule has 1 nitrogen and oxygen atoms in total. The van der Waals surface area contributed by atoms with Crippen LogP contribution in [0.3, 0.4) is 0 Å². The second-order valence-electron chi connectivity index (χ2n) is 4.26. The van der Waals surface area contributed by atoms with E-state index in [0.717, 1.165) is 24.3 Å². The maximum Gasteiger partial charge on any atom is -0.00489 e. The van der Waals surface area contributed by atoms with Crippen molar-refractivity contribution in [3.8, 4) is 0 Å². The zero-order valence-corrected chi connectivity index (χ0v) is 9.07. The first kappa shape index (κ1) is 12.2. The molecule has 0 radical (unpaired) electrons. The minimum absolute atomic E-state index is 0. The standard InChI is InChI=1S/C10H21N.ClH/c1-8(2)10-5-3-9(7-11)4-6-10;/h8-10H,3-7,11H2,1-2H3;1H. The molecule has 0 aromatic carbocycles. The molecule has 1 aliphatic rings. The lowest BCUT2D eigenvalue weighted by molar-refractivity contribution is 0.228. The molecule has 1 saturated carbocycles. The van der Waals surface area contributed by atoms with E-state index in [0.29, 0.717) is 0 Å². The van der Waals surface area contributed by atoms with Crippen LogP contribution in [0.25, 0.3) is 0 Å². The first-order valence-corrected chi connectivity index (χ1v) is 4.94. The van der Waals surface area contributed by atoms with Crippen LogP contribution in [0.2, 0.25) is 0 Å². The van der Waals surface area contributed by atoms with E-state index < -0.39 is 0 Å². The number of hydrogen-bond acceptors (Lipinski definition) is 1. The van der Waals surface area contributed by atoms with Crippen molar-refractivity contribution in [2.45, 2.75) is 39.5 Å². The number of nitrogens with two attached hydrogens (primary N) is 1. The van der Waals surface area contributed by atoms with E-state index in [4.69, 9.17) is 5.73 Å². The van der Waals surface area contributed by atoms with Gasteiger partial charge in [-0.2, -0.15) is 0 Å². The Bertz CT molecular complexity index is 106. The van der Waals surface area contributed by atoms with Crippen molar-refractivity contribution < 1.29 is 0 Å². The van der Waals surface area contributed by atoms with Gasteiger partial charge in [-0.15, -0.1) is 12.4 Å². The largest absolute Gasteiger partial charge is 0.330 e. The third-order valence-electron chi connectivity index (χ3n) is 3.17. The van der Waals surface area contributed by atoms with Gasteiger partial charge in [-0.05, 0) is 50.0 Å². The lowest BCUT2D eigenvalue weighted by Crippen LogP contribution is -2.23. The van der Waals surface area contributed by atoms with Crippen LogP contribution in [0.5, 0.6) is 0 Å². The summed E-state index contributed by atoms with van der Waals surface area (Å²) in [6, 6.07) is 0. The molecular formula is C10H22ClN. The monoisotopic (exact) mass is 191 g/mol. The van der Waals surface area contributed by atoms with E-state index in [-0.39, 0.29) is 12.4 Å². The third kappa shape index (κ3) is 3.32. The topological polar surface area (TPSA) is 26.0 Å². The molecule has 0 spiro atoms. The van der Waals surface area contributed by atoms with E-state index >= 15 is 0 Å². The van der Waals surface area contributed by atoms with Gasteiger partial charge in [-0.3, -0.25) is 0 Å². The van der Waals surface area contributed by atoms with E-state index in [1.165, 1.54) is 25.7 Å². The summed E-state index contributed by atoms with van der Waals surface area (Å²) in [5.41, 5.74) is 5.62. The highest BCUT2D eigenvalue weighted by Gasteiger charge is 2.21. The molecule has 0 aromatic rings. The highest BCUT2D eigenvalue weighted by Crippen LogP contribution is 2.32. The summed E-state index contributed by atoms with van der Waals surface area (Å²) in [6.45, 7) is 5.59. The number of rotatable bonds is 2. The fraction of sp³-hybridized carbons (Fsp3) is 1.00. The lowest BCUT2D eigenvalue weighted by atomic mass is 9.77. The summed E-state index contributed by atoms with van der Waals surface area (Å²) in [4.78, 5) is 0. The Hall–Kier alpha value is 0.250.